The van der Waals surface area contributed by atoms with E-state index in [2.05, 4.69) is 0 Å². The second-order valence-corrected chi connectivity index (χ2v) is 5.11. The zero-order valence-electron chi connectivity index (χ0n) is 11.7. The SMILES string of the molecule is Cc1cc(-c2cc(C(F)(F)F)ccc2C)cc(C(F)(F)F)c1. The summed E-state index contributed by atoms with van der Waals surface area (Å²) in [6.07, 6.45) is -9.09. The van der Waals surface area contributed by atoms with Crippen LogP contribution in [0.2, 0.25) is 0 Å². The predicted octanol–water partition coefficient (Wildman–Crippen LogP) is 6.01. The normalized spacial score (nSPS) is 12.5. The van der Waals surface area contributed by atoms with Gasteiger partial charge in [0.1, 0.15) is 0 Å². The summed E-state index contributed by atoms with van der Waals surface area (Å²) in [5.74, 6) is 0. The lowest BCUT2D eigenvalue weighted by molar-refractivity contribution is -0.138. The summed E-state index contributed by atoms with van der Waals surface area (Å²) in [5.41, 5.74) is -0.684. The minimum Gasteiger partial charge on any atom is -0.166 e. The van der Waals surface area contributed by atoms with Crippen LogP contribution in [0.15, 0.2) is 36.4 Å². The molecule has 0 fully saturated rings. The van der Waals surface area contributed by atoms with Gasteiger partial charge in [-0.1, -0.05) is 12.1 Å². The first-order valence-corrected chi connectivity index (χ1v) is 6.35. The van der Waals surface area contributed by atoms with Gasteiger partial charge in [-0.3, -0.25) is 0 Å². The van der Waals surface area contributed by atoms with Gasteiger partial charge in [0.25, 0.3) is 0 Å². The number of rotatable bonds is 1. The maximum absolute atomic E-state index is 12.9. The van der Waals surface area contributed by atoms with Crippen molar-refractivity contribution in [3.8, 4) is 11.1 Å². The molecule has 118 valence electrons. The van der Waals surface area contributed by atoms with Crippen LogP contribution in [0.4, 0.5) is 26.3 Å². The average Bonchev–Trinajstić information content (AvgIpc) is 2.36. The van der Waals surface area contributed by atoms with Gasteiger partial charge in [0.2, 0.25) is 0 Å². The number of halogens is 6. The Labute approximate surface area is 123 Å². The molecule has 0 saturated carbocycles. The number of benzene rings is 2. The minimum atomic E-state index is -4.55. The van der Waals surface area contributed by atoms with E-state index in [0.29, 0.717) is 11.1 Å². The largest absolute Gasteiger partial charge is 0.416 e. The van der Waals surface area contributed by atoms with Crippen LogP contribution in [-0.2, 0) is 12.4 Å². The predicted molar refractivity (Wildman–Crippen MR) is 71.4 cm³/mol. The van der Waals surface area contributed by atoms with Gasteiger partial charge in [-0.05, 0) is 60.4 Å². The molecule has 0 amide bonds. The van der Waals surface area contributed by atoms with E-state index in [0.717, 1.165) is 24.3 Å². The Kier molecular flexibility index (Phi) is 3.98. The molecule has 0 saturated heterocycles. The number of aryl methyl sites for hydroxylation is 2. The molecule has 0 nitrogen and oxygen atoms in total. The Morgan fingerprint density at radius 3 is 1.82 bits per heavy atom. The van der Waals surface area contributed by atoms with Crippen molar-refractivity contribution in [2.75, 3.05) is 0 Å². The van der Waals surface area contributed by atoms with Crippen molar-refractivity contribution in [3.63, 3.8) is 0 Å². The van der Waals surface area contributed by atoms with E-state index in [1.165, 1.54) is 19.1 Å². The van der Waals surface area contributed by atoms with Crippen LogP contribution in [0.5, 0.6) is 0 Å². The van der Waals surface area contributed by atoms with Crippen LogP contribution in [0.3, 0.4) is 0 Å². The van der Waals surface area contributed by atoms with Crippen LogP contribution in [0.25, 0.3) is 11.1 Å². The van der Waals surface area contributed by atoms with Gasteiger partial charge < -0.3 is 0 Å². The van der Waals surface area contributed by atoms with Crippen molar-refractivity contribution in [3.05, 3.63) is 58.7 Å². The van der Waals surface area contributed by atoms with Crippen LogP contribution in [0.1, 0.15) is 22.3 Å². The fraction of sp³-hybridized carbons (Fsp3) is 0.250. The number of hydrogen-bond acceptors (Lipinski definition) is 0. The number of hydrogen-bond donors (Lipinski definition) is 0. The highest BCUT2D eigenvalue weighted by molar-refractivity contribution is 5.69. The van der Waals surface area contributed by atoms with E-state index in [1.807, 2.05) is 0 Å². The zero-order valence-corrected chi connectivity index (χ0v) is 11.7. The van der Waals surface area contributed by atoms with Crippen molar-refractivity contribution in [1.29, 1.82) is 0 Å². The lowest BCUT2D eigenvalue weighted by atomic mass is 9.95. The summed E-state index contributed by atoms with van der Waals surface area (Å²) in [5, 5.41) is 0. The highest BCUT2D eigenvalue weighted by Crippen LogP contribution is 2.37. The van der Waals surface area contributed by atoms with Gasteiger partial charge in [0.15, 0.2) is 0 Å². The van der Waals surface area contributed by atoms with E-state index >= 15 is 0 Å². The molecule has 0 spiro atoms. The molecule has 0 aliphatic heterocycles. The third-order valence-corrected chi connectivity index (χ3v) is 3.28. The molecule has 22 heavy (non-hydrogen) atoms. The van der Waals surface area contributed by atoms with E-state index in [4.69, 9.17) is 0 Å². The van der Waals surface area contributed by atoms with Crippen molar-refractivity contribution < 1.29 is 26.3 Å². The molecule has 0 aliphatic carbocycles. The van der Waals surface area contributed by atoms with Crippen LogP contribution < -0.4 is 0 Å². The molecule has 2 rings (SSSR count). The van der Waals surface area contributed by atoms with Gasteiger partial charge in [-0.25, -0.2) is 0 Å². The summed E-state index contributed by atoms with van der Waals surface area (Å²) in [7, 11) is 0. The molecule has 0 heterocycles. The highest BCUT2D eigenvalue weighted by Gasteiger charge is 2.32. The van der Waals surface area contributed by atoms with E-state index in [1.54, 1.807) is 6.92 Å². The third kappa shape index (κ3) is 3.43. The molecule has 0 radical (unpaired) electrons. The molecule has 0 aromatic heterocycles. The average molecular weight is 318 g/mol. The monoisotopic (exact) mass is 318 g/mol. The van der Waals surface area contributed by atoms with Crippen molar-refractivity contribution in [2.24, 2.45) is 0 Å². The summed E-state index contributed by atoms with van der Waals surface area (Å²) < 4.78 is 76.9. The Hall–Kier alpha value is -1.98. The first-order valence-electron chi connectivity index (χ1n) is 6.35. The van der Waals surface area contributed by atoms with Crippen LogP contribution in [-0.4, -0.2) is 0 Å². The lowest BCUT2D eigenvalue weighted by Gasteiger charge is -2.14. The Morgan fingerprint density at radius 1 is 0.682 bits per heavy atom. The molecule has 2 aromatic carbocycles. The van der Waals surface area contributed by atoms with E-state index in [-0.39, 0.29) is 11.1 Å². The second-order valence-electron chi connectivity index (χ2n) is 5.11. The first-order chi connectivity index (χ1) is 9.98. The fourth-order valence-corrected chi connectivity index (χ4v) is 2.21. The molecule has 0 bridgehead atoms. The van der Waals surface area contributed by atoms with Crippen molar-refractivity contribution in [2.45, 2.75) is 26.2 Å². The standard InChI is InChI=1S/C16H12F6/c1-9-5-11(7-13(6-9)16(20,21)22)14-8-12(15(17,18)19)4-3-10(14)2/h3-8H,1-2H3. The third-order valence-electron chi connectivity index (χ3n) is 3.28. The molecular formula is C16H12F6. The van der Waals surface area contributed by atoms with E-state index in [9.17, 15) is 26.3 Å². The summed E-state index contributed by atoms with van der Waals surface area (Å²) >= 11 is 0. The van der Waals surface area contributed by atoms with Gasteiger partial charge >= 0.3 is 12.4 Å². The molecule has 0 aliphatic rings. The van der Waals surface area contributed by atoms with Gasteiger partial charge in [-0.15, -0.1) is 0 Å². The fourth-order valence-electron chi connectivity index (χ4n) is 2.21. The highest BCUT2D eigenvalue weighted by atomic mass is 19.4. The summed E-state index contributed by atoms with van der Waals surface area (Å²) in [6, 6.07) is 6.33. The quantitative estimate of drug-likeness (QED) is 0.565. The Morgan fingerprint density at radius 2 is 1.27 bits per heavy atom. The molecule has 0 unspecified atom stereocenters. The molecular weight excluding hydrogens is 306 g/mol. The van der Waals surface area contributed by atoms with Gasteiger partial charge in [0, 0.05) is 0 Å². The molecule has 0 N–H and O–H groups in total. The van der Waals surface area contributed by atoms with Gasteiger partial charge in [-0.2, -0.15) is 26.3 Å². The van der Waals surface area contributed by atoms with Crippen LogP contribution in [0, 0.1) is 13.8 Å². The number of alkyl halides is 6. The van der Waals surface area contributed by atoms with Crippen molar-refractivity contribution >= 4 is 0 Å². The molecule has 2 aromatic rings. The molecule has 0 atom stereocenters. The summed E-state index contributed by atoms with van der Waals surface area (Å²) in [6.45, 7) is 3.03. The maximum atomic E-state index is 12.9. The summed E-state index contributed by atoms with van der Waals surface area (Å²) in [4.78, 5) is 0. The maximum Gasteiger partial charge on any atom is 0.416 e. The zero-order chi connectivity index (χ0) is 16.7. The van der Waals surface area contributed by atoms with Gasteiger partial charge in [0.05, 0.1) is 11.1 Å². The second kappa shape index (κ2) is 5.34. The topological polar surface area (TPSA) is 0 Å². The van der Waals surface area contributed by atoms with Crippen LogP contribution >= 0.6 is 0 Å². The lowest BCUT2D eigenvalue weighted by Crippen LogP contribution is -2.07. The molecule has 6 heteroatoms. The smallest absolute Gasteiger partial charge is 0.166 e. The van der Waals surface area contributed by atoms with E-state index < -0.39 is 23.5 Å². The Bertz CT molecular complexity index is 695. The van der Waals surface area contributed by atoms with Crippen molar-refractivity contribution in [1.82, 2.24) is 0 Å². The minimum absolute atomic E-state index is 0.121. The Balaban J connectivity index is 2.64. The first kappa shape index (κ1) is 16.4.